The largest absolute Gasteiger partial charge is 0.320 e. The summed E-state index contributed by atoms with van der Waals surface area (Å²) in [5.41, 5.74) is 4.09. The first-order valence-electron chi connectivity index (χ1n) is 9.19. The Morgan fingerprint density at radius 2 is 2.08 bits per heavy atom. The summed E-state index contributed by atoms with van der Waals surface area (Å²) >= 11 is 0. The molecule has 7 nitrogen and oxygen atoms in total. The van der Waals surface area contributed by atoms with Gasteiger partial charge in [-0.25, -0.2) is 18.6 Å². The first-order chi connectivity index (χ1) is 11.8. The van der Waals surface area contributed by atoms with Gasteiger partial charge in [-0.05, 0) is 50.0 Å². The van der Waals surface area contributed by atoms with Gasteiger partial charge in [0.05, 0.1) is 5.75 Å². The van der Waals surface area contributed by atoms with E-state index in [9.17, 15) is 13.2 Å². The molecule has 1 amide bonds. The van der Waals surface area contributed by atoms with Crippen LogP contribution in [0.5, 0.6) is 0 Å². The molecule has 1 saturated heterocycles. The summed E-state index contributed by atoms with van der Waals surface area (Å²) < 4.78 is 26.7. The first-order valence-corrected chi connectivity index (χ1v) is 10.8. The second kappa shape index (κ2) is 7.34. The van der Waals surface area contributed by atoms with Crippen molar-refractivity contribution >= 4 is 15.9 Å². The number of nitrogens with one attached hydrogen (secondary N) is 2. The molecule has 25 heavy (non-hydrogen) atoms. The van der Waals surface area contributed by atoms with Crippen molar-refractivity contribution in [3.8, 4) is 0 Å². The first kappa shape index (κ1) is 18.8. The van der Waals surface area contributed by atoms with Gasteiger partial charge in [0, 0.05) is 31.8 Å². The van der Waals surface area contributed by atoms with Crippen LogP contribution in [-0.2, 0) is 19.7 Å². The summed E-state index contributed by atoms with van der Waals surface area (Å²) in [5.74, 6) is 0.897. The number of nitrogens with zero attached hydrogens (tertiary/aromatic N) is 1. The molecular formula is C17H29N3O4S. The average Bonchev–Trinajstić information content (AvgIpc) is 2.60. The molecule has 2 fully saturated rings. The van der Waals surface area contributed by atoms with E-state index in [1.165, 1.54) is 5.57 Å². The Morgan fingerprint density at radius 3 is 2.80 bits per heavy atom. The fraction of sp³-hybridized carbons (Fsp3) is 0.824. The molecule has 5 unspecified atom stereocenters. The quantitative estimate of drug-likeness (QED) is 0.770. The number of rotatable bonds is 4. The summed E-state index contributed by atoms with van der Waals surface area (Å²) in [6, 6.07) is -0.0314. The summed E-state index contributed by atoms with van der Waals surface area (Å²) in [7, 11) is -1.44. The third-order valence-corrected chi connectivity index (χ3v) is 7.30. The van der Waals surface area contributed by atoms with Crippen LogP contribution in [-0.4, -0.2) is 50.7 Å². The molecule has 1 aliphatic carbocycles. The Hall–Kier alpha value is -0.960. The van der Waals surface area contributed by atoms with E-state index < -0.39 is 16.1 Å². The van der Waals surface area contributed by atoms with Crippen LogP contribution in [0.3, 0.4) is 0 Å². The third-order valence-electron chi connectivity index (χ3n) is 5.85. The standard InChI is InChI=1S/C17H29N3O4S/c1-4-25(22,23)19-12-6-5-11(2)14(9-12)15-10-20(3)17(21)16-13(15)7-8-18-24-16/h10-14,16,18-19H,4-9H2,1-3H3. The molecule has 1 saturated carbocycles. The molecule has 2 N–H and O–H groups in total. The van der Waals surface area contributed by atoms with Crippen LogP contribution in [0, 0.1) is 17.8 Å². The molecule has 0 bridgehead atoms. The predicted molar refractivity (Wildman–Crippen MR) is 94.7 cm³/mol. The molecule has 0 spiro atoms. The van der Waals surface area contributed by atoms with Crippen LogP contribution in [0.15, 0.2) is 11.8 Å². The van der Waals surface area contributed by atoms with E-state index >= 15 is 0 Å². The van der Waals surface area contributed by atoms with Crippen molar-refractivity contribution in [1.82, 2.24) is 15.1 Å². The summed E-state index contributed by atoms with van der Waals surface area (Å²) in [6.45, 7) is 4.61. The van der Waals surface area contributed by atoms with Gasteiger partial charge in [0.2, 0.25) is 10.0 Å². The van der Waals surface area contributed by atoms with Crippen molar-refractivity contribution in [3.63, 3.8) is 0 Å². The zero-order valence-electron chi connectivity index (χ0n) is 15.2. The lowest BCUT2D eigenvalue weighted by atomic mass is 9.68. The minimum Gasteiger partial charge on any atom is -0.320 e. The molecule has 5 atom stereocenters. The molecule has 142 valence electrons. The van der Waals surface area contributed by atoms with Crippen LogP contribution in [0.25, 0.3) is 0 Å². The average molecular weight is 372 g/mol. The van der Waals surface area contributed by atoms with Gasteiger partial charge in [-0.15, -0.1) is 0 Å². The minimum atomic E-state index is -3.20. The van der Waals surface area contributed by atoms with Gasteiger partial charge in [-0.3, -0.25) is 9.63 Å². The summed E-state index contributed by atoms with van der Waals surface area (Å²) in [6.07, 6.45) is 4.99. The van der Waals surface area contributed by atoms with Crippen LogP contribution in [0.4, 0.5) is 0 Å². The number of likely N-dealkylation sites (N-methyl/N-ethyl adjacent to an activating group) is 1. The smallest absolute Gasteiger partial charge is 0.258 e. The SMILES string of the molecule is CCS(=O)(=O)NC1CCC(C)C(C2=CN(C)C(=O)C3ONCCC23)C1. The lowest BCUT2D eigenvalue weighted by molar-refractivity contribution is -0.158. The molecule has 3 rings (SSSR count). The number of hydroxylamine groups is 1. The Bertz CT molecular complexity index is 648. The normalized spacial score (nSPS) is 36.8. The van der Waals surface area contributed by atoms with Crippen LogP contribution < -0.4 is 10.2 Å². The number of hydrogen-bond acceptors (Lipinski definition) is 5. The van der Waals surface area contributed by atoms with Crippen molar-refractivity contribution in [2.75, 3.05) is 19.3 Å². The predicted octanol–water partition coefficient (Wildman–Crippen LogP) is 0.996. The molecular weight excluding hydrogens is 342 g/mol. The fourth-order valence-corrected chi connectivity index (χ4v) is 5.23. The Kier molecular flexibility index (Phi) is 5.53. The molecule has 3 aliphatic rings. The van der Waals surface area contributed by atoms with E-state index in [-0.39, 0.29) is 29.5 Å². The second-order valence-electron chi connectivity index (χ2n) is 7.52. The number of carbonyl (C=O) groups is 1. The van der Waals surface area contributed by atoms with Gasteiger partial charge >= 0.3 is 0 Å². The van der Waals surface area contributed by atoms with E-state index in [4.69, 9.17) is 4.84 Å². The van der Waals surface area contributed by atoms with Gasteiger partial charge in [0.15, 0.2) is 6.10 Å². The molecule has 8 heteroatoms. The van der Waals surface area contributed by atoms with Crippen molar-refractivity contribution in [2.24, 2.45) is 17.8 Å². The highest BCUT2D eigenvalue weighted by atomic mass is 32.2. The van der Waals surface area contributed by atoms with E-state index in [0.717, 1.165) is 32.2 Å². The minimum absolute atomic E-state index is 0.0207. The van der Waals surface area contributed by atoms with Crippen LogP contribution >= 0.6 is 0 Å². The van der Waals surface area contributed by atoms with Gasteiger partial charge in [0.1, 0.15) is 0 Å². The lowest BCUT2D eigenvalue weighted by Gasteiger charge is -2.44. The molecule has 0 aromatic carbocycles. The number of fused-ring (bicyclic) bond motifs is 1. The topological polar surface area (TPSA) is 87.7 Å². The fourth-order valence-electron chi connectivity index (χ4n) is 4.35. The lowest BCUT2D eigenvalue weighted by Crippen LogP contribution is -2.53. The van der Waals surface area contributed by atoms with Crippen molar-refractivity contribution in [3.05, 3.63) is 11.8 Å². The zero-order valence-corrected chi connectivity index (χ0v) is 16.0. The summed E-state index contributed by atoms with van der Waals surface area (Å²) in [5, 5.41) is 0. The zero-order chi connectivity index (χ0) is 18.2. The van der Waals surface area contributed by atoms with Crippen molar-refractivity contribution < 1.29 is 18.0 Å². The van der Waals surface area contributed by atoms with E-state index in [0.29, 0.717) is 5.92 Å². The number of sulfonamides is 1. The molecule has 0 aromatic heterocycles. The maximum Gasteiger partial charge on any atom is 0.258 e. The second-order valence-corrected chi connectivity index (χ2v) is 9.56. The molecule has 2 heterocycles. The number of hydrogen-bond donors (Lipinski definition) is 2. The van der Waals surface area contributed by atoms with Gasteiger partial charge in [-0.1, -0.05) is 6.92 Å². The van der Waals surface area contributed by atoms with Crippen molar-refractivity contribution in [2.45, 2.75) is 51.7 Å². The van der Waals surface area contributed by atoms with Crippen LogP contribution in [0.2, 0.25) is 0 Å². The number of carbonyl (C=O) groups excluding carboxylic acids is 1. The Balaban J connectivity index is 1.82. The van der Waals surface area contributed by atoms with Crippen molar-refractivity contribution in [1.29, 1.82) is 0 Å². The monoisotopic (exact) mass is 371 g/mol. The van der Waals surface area contributed by atoms with E-state index in [1.807, 2.05) is 6.20 Å². The van der Waals surface area contributed by atoms with Gasteiger partial charge in [-0.2, -0.15) is 0 Å². The number of amides is 1. The highest BCUT2D eigenvalue weighted by molar-refractivity contribution is 7.89. The maximum atomic E-state index is 12.4. The van der Waals surface area contributed by atoms with Gasteiger partial charge in [0.25, 0.3) is 5.91 Å². The highest BCUT2D eigenvalue weighted by Crippen LogP contribution is 2.43. The Morgan fingerprint density at radius 1 is 1.32 bits per heavy atom. The van der Waals surface area contributed by atoms with Crippen LogP contribution in [0.1, 0.15) is 39.5 Å². The highest BCUT2D eigenvalue weighted by Gasteiger charge is 2.44. The van der Waals surface area contributed by atoms with E-state index in [1.54, 1.807) is 18.9 Å². The molecule has 2 aliphatic heterocycles. The third kappa shape index (κ3) is 3.92. The van der Waals surface area contributed by atoms with Gasteiger partial charge < -0.3 is 4.90 Å². The molecule has 0 radical (unpaired) electrons. The van der Waals surface area contributed by atoms with E-state index in [2.05, 4.69) is 17.1 Å². The Labute approximate surface area is 150 Å². The summed E-state index contributed by atoms with van der Waals surface area (Å²) in [4.78, 5) is 19.6. The molecule has 0 aromatic rings. The maximum absolute atomic E-state index is 12.4.